The number of anilines is 1. The summed E-state index contributed by atoms with van der Waals surface area (Å²) in [6, 6.07) is 14.7. The molecule has 32 heavy (non-hydrogen) atoms. The summed E-state index contributed by atoms with van der Waals surface area (Å²) >= 11 is 0. The average Bonchev–Trinajstić information content (AvgIpc) is 3.33. The molecule has 162 valence electrons. The minimum atomic E-state index is -3.87. The molecule has 0 unspecified atom stereocenters. The SMILES string of the molecule is Cc1ccc(-c2noc(COC(=O)CN3c4cccc5cccc(c45)S3(=O)=O)n2)cc1F. The largest absolute Gasteiger partial charge is 0.454 e. The van der Waals surface area contributed by atoms with Crippen LogP contribution in [0.3, 0.4) is 0 Å². The molecule has 5 rings (SSSR count). The van der Waals surface area contributed by atoms with E-state index in [1.165, 1.54) is 12.1 Å². The molecule has 2 heterocycles. The first-order valence-electron chi connectivity index (χ1n) is 9.64. The topological polar surface area (TPSA) is 103 Å². The molecule has 0 fully saturated rings. The van der Waals surface area contributed by atoms with Gasteiger partial charge in [0.05, 0.1) is 10.6 Å². The standard InChI is InChI=1S/C22H16FN3O5S/c1-13-8-9-15(10-16(13)23)22-24-19(31-25-22)12-30-20(27)11-26-17-6-2-4-14-5-3-7-18(21(14)17)32(26,28)29/h2-10H,11-12H2,1H3. The summed E-state index contributed by atoms with van der Waals surface area (Å²) in [7, 11) is -3.87. The highest BCUT2D eigenvalue weighted by Gasteiger charge is 2.37. The Morgan fingerprint density at radius 3 is 2.72 bits per heavy atom. The summed E-state index contributed by atoms with van der Waals surface area (Å²) in [6.07, 6.45) is 0. The predicted molar refractivity (Wildman–Crippen MR) is 113 cm³/mol. The van der Waals surface area contributed by atoms with E-state index < -0.39 is 28.4 Å². The average molecular weight is 453 g/mol. The Hall–Kier alpha value is -3.79. The minimum absolute atomic E-state index is 0.00370. The van der Waals surface area contributed by atoms with E-state index in [0.717, 1.165) is 9.69 Å². The molecule has 0 saturated carbocycles. The van der Waals surface area contributed by atoms with E-state index in [2.05, 4.69) is 10.1 Å². The molecule has 10 heteroatoms. The first kappa shape index (κ1) is 20.1. The van der Waals surface area contributed by atoms with Gasteiger partial charge in [-0.3, -0.25) is 9.10 Å². The van der Waals surface area contributed by atoms with Gasteiger partial charge in [0, 0.05) is 10.9 Å². The van der Waals surface area contributed by atoms with Gasteiger partial charge in [0.2, 0.25) is 5.82 Å². The van der Waals surface area contributed by atoms with Gasteiger partial charge in [-0.2, -0.15) is 4.98 Å². The summed E-state index contributed by atoms with van der Waals surface area (Å²) in [5.41, 5.74) is 1.33. The molecule has 1 aliphatic rings. The number of nitrogens with zero attached hydrogens (tertiary/aromatic N) is 3. The van der Waals surface area contributed by atoms with Crippen molar-refractivity contribution in [3.8, 4) is 11.4 Å². The number of benzene rings is 3. The molecule has 0 aliphatic carbocycles. The van der Waals surface area contributed by atoms with Crippen molar-refractivity contribution >= 4 is 32.5 Å². The maximum Gasteiger partial charge on any atom is 0.327 e. The van der Waals surface area contributed by atoms with Gasteiger partial charge in [-0.05, 0) is 36.1 Å². The van der Waals surface area contributed by atoms with Gasteiger partial charge in [-0.25, -0.2) is 12.8 Å². The monoisotopic (exact) mass is 453 g/mol. The minimum Gasteiger partial charge on any atom is -0.454 e. The third-order valence-corrected chi connectivity index (χ3v) is 7.01. The molecular formula is C22H16FN3O5S. The van der Waals surface area contributed by atoms with Gasteiger partial charge in [0.25, 0.3) is 15.9 Å². The fraction of sp³-hybridized carbons (Fsp3) is 0.136. The second kappa shape index (κ2) is 7.41. The van der Waals surface area contributed by atoms with Gasteiger partial charge >= 0.3 is 5.97 Å². The third-order valence-electron chi connectivity index (χ3n) is 5.21. The number of rotatable bonds is 5. The molecule has 1 aromatic heterocycles. The van der Waals surface area contributed by atoms with Crippen LogP contribution < -0.4 is 4.31 Å². The second-order valence-electron chi connectivity index (χ2n) is 7.28. The maximum atomic E-state index is 13.8. The molecule has 3 aromatic carbocycles. The van der Waals surface area contributed by atoms with Gasteiger partial charge in [-0.1, -0.05) is 41.6 Å². The second-order valence-corrected chi connectivity index (χ2v) is 9.11. The van der Waals surface area contributed by atoms with E-state index in [4.69, 9.17) is 9.26 Å². The van der Waals surface area contributed by atoms with E-state index in [0.29, 0.717) is 22.2 Å². The number of halogens is 1. The maximum absolute atomic E-state index is 13.8. The summed E-state index contributed by atoms with van der Waals surface area (Å²) in [5, 5.41) is 5.11. The van der Waals surface area contributed by atoms with Crippen molar-refractivity contribution in [1.82, 2.24) is 10.1 Å². The zero-order valence-corrected chi connectivity index (χ0v) is 17.6. The number of carbonyl (C=O) groups excluding carboxylic acids is 1. The Morgan fingerprint density at radius 2 is 1.94 bits per heavy atom. The van der Waals surface area contributed by atoms with E-state index >= 15 is 0 Å². The van der Waals surface area contributed by atoms with Gasteiger partial charge < -0.3 is 9.26 Å². The van der Waals surface area contributed by atoms with Crippen LogP contribution in [-0.2, 0) is 26.2 Å². The predicted octanol–water partition coefficient (Wildman–Crippen LogP) is 3.59. The first-order valence-corrected chi connectivity index (χ1v) is 11.1. The molecular weight excluding hydrogens is 437 g/mol. The van der Waals surface area contributed by atoms with Crippen LogP contribution in [0.4, 0.5) is 10.1 Å². The molecule has 0 amide bonds. The van der Waals surface area contributed by atoms with Crippen LogP contribution in [0.25, 0.3) is 22.2 Å². The Kier molecular flexibility index (Phi) is 4.66. The molecule has 8 nitrogen and oxygen atoms in total. The molecule has 0 radical (unpaired) electrons. The van der Waals surface area contributed by atoms with Crippen LogP contribution in [0.1, 0.15) is 11.5 Å². The van der Waals surface area contributed by atoms with Crippen molar-refractivity contribution in [3.05, 3.63) is 71.9 Å². The lowest BCUT2D eigenvalue weighted by atomic mass is 10.1. The van der Waals surface area contributed by atoms with Crippen LogP contribution in [0, 0.1) is 12.7 Å². The molecule has 0 saturated heterocycles. The normalized spacial score (nSPS) is 14.1. The van der Waals surface area contributed by atoms with Gasteiger partial charge in [0.1, 0.15) is 12.4 Å². The number of carbonyl (C=O) groups is 1. The lowest BCUT2D eigenvalue weighted by Crippen LogP contribution is -2.33. The fourth-order valence-electron chi connectivity index (χ4n) is 3.60. The van der Waals surface area contributed by atoms with Crippen molar-refractivity contribution in [2.24, 2.45) is 0 Å². The van der Waals surface area contributed by atoms with Gasteiger partial charge in [-0.15, -0.1) is 0 Å². The summed E-state index contributed by atoms with van der Waals surface area (Å²) in [4.78, 5) is 16.7. The van der Waals surface area contributed by atoms with Crippen LogP contribution in [0.2, 0.25) is 0 Å². The zero-order valence-electron chi connectivity index (χ0n) is 16.8. The Morgan fingerprint density at radius 1 is 1.16 bits per heavy atom. The Balaban J connectivity index is 1.30. The van der Waals surface area contributed by atoms with Gasteiger partial charge in [0.15, 0.2) is 6.61 Å². The van der Waals surface area contributed by atoms with Crippen molar-refractivity contribution in [1.29, 1.82) is 0 Å². The summed E-state index contributed by atoms with van der Waals surface area (Å²) in [6.45, 7) is 0.797. The molecule has 1 aliphatic heterocycles. The molecule has 0 N–H and O–H groups in total. The van der Waals surface area contributed by atoms with E-state index in [1.54, 1.807) is 37.3 Å². The summed E-state index contributed by atoms with van der Waals surface area (Å²) in [5.74, 6) is -1.02. The van der Waals surface area contributed by atoms with Crippen LogP contribution in [-0.4, -0.2) is 31.1 Å². The Labute approximate surface area is 182 Å². The number of aryl methyl sites for hydroxylation is 1. The number of aromatic nitrogens is 2. The number of sulfonamides is 1. The molecule has 0 atom stereocenters. The number of hydrogen-bond acceptors (Lipinski definition) is 7. The van der Waals surface area contributed by atoms with E-state index in [1.807, 2.05) is 12.1 Å². The number of ether oxygens (including phenoxy) is 1. The summed E-state index contributed by atoms with van der Waals surface area (Å²) < 4.78 is 50.9. The highest BCUT2D eigenvalue weighted by molar-refractivity contribution is 7.93. The highest BCUT2D eigenvalue weighted by Crippen LogP contribution is 2.41. The number of esters is 1. The molecule has 0 bridgehead atoms. The number of hydrogen-bond donors (Lipinski definition) is 0. The van der Waals surface area contributed by atoms with Crippen LogP contribution in [0.5, 0.6) is 0 Å². The van der Waals surface area contributed by atoms with Crippen LogP contribution in [0.15, 0.2) is 64.0 Å². The quantitative estimate of drug-likeness (QED) is 0.426. The van der Waals surface area contributed by atoms with Crippen molar-refractivity contribution in [2.45, 2.75) is 18.4 Å². The smallest absolute Gasteiger partial charge is 0.327 e. The first-order chi connectivity index (χ1) is 15.3. The van der Waals surface area contributed by atoms with E-state index in [9.17, 15) is 17.6 Å². The van der Waals surface area contributed by atoms with Crippen molar-refractivity contribution < 1.29 is 26.9 Å². The highest BCUT2D eigenvalue weighted by atomic mass is 32.2. The Bertz CT molecular complexity index is 1480. The molecule has 0 spiro atoms. The van der Waals surface area contributed by atoms with E-state index in [-0.39, 0.29) is 23.2 Å². The van der Waals surface area contributed by atoms with Crippen molar-refractivity contribution in [3.63, 3.8) is 0 Å². The fourth-order valence-corrected chi connectivity index (χ4v) is 5.25. The van der Waals surface area contributed by atoms with Crippen molar-refractivity contribution in [2.75, 3.05) is 10.8 Å². The molecule has 4 aromatic rings. The van der Waals surface area contributed by atoms with Crippen LogP contribution >= 0.6 is 0 Å². The third kappa shape index (κ3) is 3.28. The zero-order chi connectivity index (χ0) is 22.5. The lowest BCUT2D eigenvalue weighted by Gasteiger charge is -2.17. The lowest BCUT2D eigenvalue weighted by molar-refractivity contribution is -0.143.